The Balaban J connectivity index is 1.76. The van der Waals surface area contributed by atoms with E-state index in [2.05, 4.69) is 10.5 Å². The van der Waals surface area contributed by atoms with Gasteiger partial charge in [-0.15, -0.1) is 0 Å². The van der Waals surface area contributed by atoms with Gasteiger partial charge in [0, 0.05) is 17.2 Å². The summed E-state index contributed by atoms with van der Waals surface area (Å²) in [6.45, 7) is 0. The van der Waals surface area contributed by atoms with Crippen molar-refractivity contribution in [2.75, 3.05) is 0 Å². The van der Waals surface area contributed by atoms with Crippen molar-refractivity contribution in [3.63, 3.8) is 0 Å². The van der Waals surface area contributed by atoms with Gasteiger partial charge in [-0.3, -0.25) is 14.9 Å². The van der Waals surface area contributed by atoms with E-state index < -0.39 is 22.3 Å². The van der Waals surface area contributed by atoms with Gasteiger partial charge in [0.25, 0.3) is 5.91 Å². The van der Waals surface area contributed by atoms with E-state index in [0.29, 0.717) is 5.56 Å². The number of amides is 1. The minimum absolute atomic E-state index is 0.132. The van der Waals surface area contributed by atoms with Crippen LogP contribution in [-0.4, -0.2) is 22.2 Å². The highest BCUT2D eigenvalue weighted by Crippen LogP contribution is 2.27. The number of para-hydroxylation sites is 1. The molecule has 0 aliphatic carbocycles. The number of fused-ring (bicyclic) bond motifs is 1. The zero-order valence-electron chi connectivity index (χ0n) is 12.9. The van der Waals surface area contributed by atoms with Gasteiger partial charge in [-0.05, 0) is 29.0 Å². The van der Waals surface area contributed by atoms with Gasteiger partial charge in [0.05, 0.1) is 11.1 Å². The average molecular weight is 335 g/mol. The second-order valence-corrected chi connectivity index (χ2v) is 5.23. The number of carbonyl (C=O) groups is 1. The van der Waals surface area contributed by atoms with Crippen LogP contribution in [0.5, 0.6) is 5.75 Å². The Hall–Kier alpha value is -3.74. The van der Waals surface area contributed by atoms with Crippen molar-refractivity contribution in [2.45, 2.75) is 0 Å². The number of phenolic OH excluding ortho intramolecular Hbond substituents is 1. The lowest BCUT2D eigenvalue weighted by Crippen LogP contribution is -2.17. The number of nitro benzene ring substituents is 1. The Bertz CT molecular complexity index is 999. The predicted molar refractivity (Wildman–Crippen MR) is 93.8 cm³/mol. The van der Waals surface area contributed by atoms with Crippen molar-refractivity contribution in [3.05, 3.63) is 81.9 Å². The summed E-state index contributed by atoms with van der Waals surface area (Å²) in [7, 11) is 0. The molecule has 3 aromatic rings. The van der Waals surface area contributed by atoms with Gasteiger partial charge < -0.3 is 5.11 Å². The monoisotopic (exact) mass is 335 g/mol. The number of hydrazone groups is 1. The normalized spacial score (nSPS) is 10.9. The fourth-order valence-corrected chi connectivity index (χ4v) is 2.36. The van der Waals surface area contributed by atoms with Crippen molar-refractivity contribution in [3.8, 4) is 5.75 Å². The maximum absolute atomic E-state index is 12.1. The van der Waals surface area contributed by atoms with Crippen molar-refractivity contribution >= 4 is 28.6 Å². The average Bonchev–Trinajstić information content (AvgIpc) is 2.62. The molecule has 124 valence electrons. The number of phenols is 1. The minimum Gasteiger partial charge on any atom is -0.502 e. The van der Waals surface area contributed by atoms with Crippen LogP contribution in [0.15, 0.2) is 65.8 Å². The molecular weight excluding hydrogens is 322 g/mol. The molecule has 1 amide bonds. The van der Waals surface area contributed by atoms with Gasteiger partial charge >= 0.3 is 5.69 Å². The van der Waals surface area contributed by atoms with E-state index in [1.54, 1.807) is 12.1 Å². The third-order valence-corrected chi connectivity index (χ3v) is 3.62. The first-order valence-corrected chi connectivity index (χ1v) is 7.35. The highest BCUT2D eigenvalue weighted by atomic mass is 16.6. The Morgan fingerprint density at radius 2 is 1.84 bits per heavy atom. The van der Waals surface area contributed by atoms with E-state index in [9.17, 15) is 20.0 Å². The number of carbonyl (C=O) groups excluding carboxylic acids is 1. The third-order valence-electron chi connectivity index (χ3n) is 3.62. The molecular formula is C18H13N3O4. The fourth-order valence-electron chi connectivity index (χ4n) is 2.36. The minimum atomic E-state index is -0.694. The smallest absolute Gasteiger partial charge is 0.311 e. The van der Waals surface area contributed by atoms with Gasteiger partial charge in [0.2, 0.25) is 5.75 Å². The lowest BCUT2D eigenvalue weighted by Gasteiger charge is -2.03. The number of nitro groups is 1. The number of nitrogens with one attached hydrogen (secondary N) is 1. The molecule has 0 spiro atoms. The molecule has 0 radical (unpaired) electrons. The highest BCUT2D eigenvalue weighted by molar-refractivity contribution is 5.99. The molecule has 0 aromatic heterocycles. The van der Waals surface area contributed by atoms with E-state index in [1.807, 2.05) is 30.3 Å². The van der Waals surface area contributed by atoms with Crippen LogP contribution in [0.25, 0.3) is 10.8 Å². The van der Waals surface area contributed by atoms with E-state index in [4.69, 9.17) is 0 Å². The lowest BCUT2D eigenvalue weighted by atomic mass is 10.1. The molecule has 0 aliphatic rings. The van der Waals surface area contributed by atoms with Gasteiger partial charge in [-0.25, -0.2) is 5.43 Å². The Morgan fingerprint density at radius 3 is 2.60 bits per heavy atom. The molecule has 7 heteroatoms. The number of benzene rings is 3. The summed E-state index contributed by atoms with van der Waals surface area (Å²) in [5.74, 6) is -0.928. The lowest BCUT2D eigenvalue weighted by molar-refractivity contribution is -0.385. The molecule has 0 bridgehead atoms. The van der Waals surface area contributed by atoms with E-state index in [-0.39, 0.29) is 5.56 Å². The van der Waals surface area contributed by atoms with Crippen LogP contribution in [0, 0.1) is 10.1 Å². The second kappa shape index (κ2) is 6.79. The summed E-state index contributed by atoms with van der Waals surface area (Å²) in [6.07, 6.45) is 1.15. The summed E-state index contributed by atoms with van der Waals surface area (Å²) in [4.78, 5) is 22.2. The number of hydrogen-bond donors (Lipinski definition) is 2. The molecule has 0 saturated carbocycles. The van der Waals surface area contributed by atoms with Gasteiger partial charge in [0.15, 0.2) is 0 Å². The zero-order chi connectivity index (χ0) is 17.8. The van der Waals surface area contributed by atoms with Crippen molar-refractivity contribution < 1.29 is 14.8 Å². The van der Waals surface area contributed by atoms with Crippen LogP contribution < -0.4 is 5.43 Å². The topological polar surface area (TPSA) is 105 Å². The van der Waals surface area contributed by atoms with Crippen LogP contribution >= 0.6 is 0 Å². The molecule has 0 aliphatic heterocycles. The molecule has 0 unspecified atom stereocenters. The van der Waals surface area contributed by atoms with Crippen LogP contribution in [0.2, 0.25) is 0 Å². The van der Waals surface area contributed by atoms with Crippen molar-refractivity contribution in [1.29, 1.82) is 0 Å². The van der Waals surface area contributed by atoms with Crippen LogP contribution in [0.4, 0.5) is 5.69 Å². The van der Waals surface area contributed by atoms with Crippen LogP contribution in [0.3, 0.4) is 0 Å². The largest absolute Gasteiger partial charge is 0.502 e. The van der Waals surface area contributed by atoms with Gasteiger partial charge in [-0.2, -0.15) is 5.10 Å². The van der Waals surface area contributed by atoms with E-state index in [0.717, 1.165) is 17.0 Å². The Morgan fingerprint density at radius 1 is 1.08 bits per heavy atom. The molecule has 0 atom stereocenters. The molecule has 3 rings (SSSR count). The van der Waals surface area contributed by atoms with Crippen LogP contribution in [-0.2, 0) is 0 Å². The quantitative estimate of drug-likeness (QED) is 0.434. The summed E-state index contributed by atoms with van der Waals surface area (Å²) < 4.78 is 0. The number of aromatic hydroxyl groups is 1. The van der Waals surface area contributed by atoms with Gasteiger partial charge in [0.1, 0.15) is 0 Å². The highest BCUT2D eigenvalue weighted by Gasteiger charge is 2.15. The Kier molecular flexibility index (Phi) is 4.38. The molecule has 2 N–H and O–H groups in total. The summed E-state index contributed by atoms with van der Waals surface area (Å²) in [5, 5.41) is 26.3. The predicted octanol–water partition coefficient (Wildman–Crippen LogP) is 3.22. The third kappa shape index (κ3) is 3.45. The van der Waals surface area contributed by atoms with Gasteiger partial charge in [-0.1, -0.05) is 36.4 Å². The van der Waals surface area contributed by atoms with Crippen molar-refractivity contribution in [2.24, 2.45) is 5.10 Å². The zero-order valence-corrected chi connectivity index (χ0v) is 12.9. The molecule has 0 heterocycles. The SMILES string of the molecule is O=C(N/N=C\c1cccc([N+](=O)[O-])c1O)c1ccc2ccccc2c1. The maximum Gasteiger partial charge on any atom is 0.311 e. The molecule has 3 aromatic carbocycles. The summed E-state index contributed by atoms with van der Waals surface area (Å²) in [5.41, 5.74) is 2.47. The molecule has 7 nitrogen and oxygen atoms in total. The summed E-state index contributed by atoms with van der Waals surface area (Å²) >= 11 is 0. The summed E-state index contributed by atoms with van der Waals surface area (Å²) in [6, 6.07) is 16.9. The van der Waals surface area contributed by atoms with Crippen molar-refractivity contribution in [1.82, 2.24) is 5.43 Å². The van der Waals surface area contributed by atoms with E-state index in [1.165, 1.54) is 18.2 Å². The number of nitrogens with zero attached hydrogens (tertiary/aromatic N) is 2. The first-order chi connectivity index (χ1) is 12.1. The standard InChI is InChI=1S/C18H13N3O4/c22-17-15(6-3-7-16(17)21(24)25)11-19-20-18(23)14-9-8-12-4-1-2-5-13(12)10-14/h1-11,22H,(H,20,23)/b19-11-. The maximum atomic E-state index is 12.1. The number of rotatable bonds is 4. The molecule has 0 saturated heterocycles. The second-order valence-electron chi connectivity index (χ2n) is 5.23. The molecule has 25 heavy (non-hydrogen) atoms. The van der Waals surface area contributed by atoms with E-state index >= 15 is 0 Å². The van der Waals surface area contributed by atoms with Crippen LogP contribution in [0.1, 0.15) is 15.9 Å². The first kappa shape index (κ1) is 16.1. The first-order valence-electron chi connectivity index (χ1n) is 7.35. The Labute approximate surface area is 142 Å². The molecule has 0 fully saturated rings. The number of hydrogen-bond acceptors (Lipinski definition) is 5. The fraction of sp³-hybridized carbons (Fsp3) is 0.